The Morgan fingerprint density at radius 3 is 2.59 bits per heavy atom. The Morgan fingerprint density at radius 1 is 1.07 bits per heavy atom. The van der Waals surface area contributed by atoms with Crippen LogP contribution in [0.2, 0.25) is 0 Å². The number of carbonyl (C=O) groups is 1. The highest BCUT2D eigenvalue weighted by molar-refractivity contribution is 6.15. The van der Waals surface area contributed by atoms with Gasteiger partial charge in [0, 0.05) is 12.6 Å². The molecule has 2 aromatic carbocycles. The second-order valence-electron chi connectivity index (χ2n) is 8.54. The van der Waals surface area contributed by atoms with E-state index in [9.17, 15) is 4.79 Å². The van der Waals surface area contributed by atoms with E-state index in [1.54, 1.807) is 0 Å². The molecular formula is C25H27NO3. The molecule has 0 saturated heterocycles. The molecule has 2 aromatic rings. The number of nitrogens with zero attached hydrogens (tertiary/aromatic N) is 1. The largest absolute Gasteiger partial charge is 0.478 e. The number of aryl methyl sites for hydroxylation is 2. The molecule has 0 radical (unpaired) electrons. The van der Waals surface area contributed by atoms with Crippen LogP contribution >= 0.6 is 0 Å². The van der Waals surface area contributed by atoms with Gasteiger partial charge < -0.3 is 9.47 Å². The number of Topliss-reactive ketones (excluding diaryl/α,β-unsaturated/α-hetero) is 1. The topological polar surface area (TPSA) is 38.8 Å². The van der Waals surface area contributed by atoms with E-state index in [4.69, 9.17) is 9.47 Å². The molecule has 0 spiro atoms. The fourth-order valence-electron chi connectivity index (χ4n) is 4.74. The monoisotopic (exact) mass is 389 g/mol. The molecule has 1 fully saturated rings. The van der Waals surface area contributed by atoms with Crippen molar-refractivity contribution in [2.75, 3.05) is 6.73 Å². The second-order valence-corrected chi connectivity index (χ2v) is 8.54. The van der Waals surface area contributed by atoms with Crippen molar-refractivity contribution in [1.82, 2.24) is 4.90 Å². The highest BCUT2D eigenvalue weighted by atomic mass is 16.5. The zero-order valence-corrected chi connectivity index (χ0v) is 17.2. The molecule has 1 aliphatic carbocycles. The van der Waals surface area contributed by atoms with Gasteiger partial charge in [-0.05, 0) is 50.0 Å². The van der Waals surface area contributed by atoms with Crippen molar-refractivity contribution in [3.8, 4) is 11.5 Å². The van der Waals surface area contributed by atoms with Crippen molar-refractivity contribution in [3.05, 3.63) is 63.9 Å². The minimum atomic E-state index is -0.0318. The third-order valence-electron chi connectivity index (χ3n) is 6.42. The summed E-state index contributed by atoms with van der Waals surface area (Å²) >= 11 is 0. The summed E-state index contributed by atoms with van der Waals surface area (Å²) in [7, 11) is 0. The van der Waals surface area contributed by atoms with E-state index in [2.05, 4.69) is 11.8 Å². The van der Waals surface area contributed by atoms with Gasteiger partial charge >= 0.3 is 0 Å². The Bertz CT molecular complexity index is 984. The SMILES string of the molecule is Cc1ccc(/C=C2\Oc3c4c(cc(C)c3C2=O)OCN(C2CCCCC2)C4)cc1. The molecule has 0 aromatic heterocycles. The van der Waals surface area contributed by atoms with Crippen LogP contribution in [0, 0.1) is 13.8 Å². The summed E-state index contributed by atoms with van der Waals surface area (Å²) < 4.78 is 12.3. The summed E-state index contributed by atoms with van der Waals surface area (Å²) in [6.45, 7) is 5.42. The molecule has 150 valence electrons. The maximum Gasteiger partial charge on any atom is 0.232 e. The molecule has 2 heterocycles. The predicted molar refractivity (Wildman–Crippen MR) is 113 cm³/mol. The van der Waals surface area contributed by atoms with Gasteiger partial charge in [0.1, 0.15) is 18.2 Å². The molecule has 4 nitrogen and oxygen atoms in total. The minimum absolute atomic E-state index is 0.0318. The second kappa shape index (κ2) is 7.34. The van der Waals surface area contributed by atoms with Crippen LogP contribution in [-0.4, -0.2) is 23.5 Å². The number of ketones is 1. The Labute approximate surface area is 172 Å². The Kier molecular flexibility index (Phi) is 4.67. The lowest BCUT2D eigenvalue weighted by Gasteiger charge is -2.37. The van der Waals surface area contributed by atoms with Crippen molar-refractivity contribution < 1.29 is 14.3 Å². The third kappa shape index (κ3) is 3.36. The van der Waals surface area contributed by atoms with Crippen molar-refractivity contribution in [1.29, 1.82) is 0 Å². The lowest BCUT2D eigenvalue weighted by molar-refractivity contribution is 0.0393. The van der Waals surface area contributed by atoms with Gasteiger partial charge in [0.05, 0.1) is 11.1 Å². The zero-order chi connectivity index (χ0) is 20.0. The summed E-state index contributed by atoms with van der Waals surface area (Å²) in [6, 6.07) is 10.7. The van der Waals surface area contributed by atoms with Gasteiger partial charge in [-0.15, -0.1) is 0 Å². The molecule has 0 bridgehead atoms. The Morgan fingerprint density at radius 2 is 1.83 bits per heavy atom. The van der Waals surface area contributed by atoms with Crippen LogP contribution in [0.25, 0.3) is 6.08 Å². The Hall–Kier alpha value is -2.59. The number of fused-ring (bicyclic) bond motifs is 3. The van der Waals surface area contributed by atoms with Crippen LogP contribution in [-0.2, 0) is 6.54 Å². The average Bonchev–Trinajstić information content (AvgIpc) is 3.07. The Balaban J connectivity index is 1.48. The van der Waals surface area contributed by atoms with E-state index in [-0.39, 0.29) is 5.78 Å². The number of benzene rings is 2. The van der Waals surface area contributed by atoms with E-state index in [0.717, 1.165) is 29.0 Å². The van der Waals surface area contributed by atoms with Crippen LogP contribution in [0.3, 0.4) is 0 Å². The summed E-state index contributed by atoms with van der Waals surface area (Å²) in [5.41, 5.74) is 4.79. The maximum absolute atomic E-state index is 13.1. The van der Waals surface area contributed by atoms with Crippen molar-refractivity contribution in [2.45, 2.75) is 58.5 Å². The summed E-state index contributed by atoms with van der Waals surface area (Å²) in [6.07, 6.45) is 8.21. The van der Waals surface area contributed by atoms with E-state index >= 15 is 0 Å². The fourth-order valence-corrected chi connectivity index (χ4v) is 4.74. The molecule has 0 unspecified atom stereocenters. The molecule has 5 rings (SSSR count). The summed E-state index contributed by atoms with van der Waals surface area (Å²) in [5.74, 6) is 1.92. The van der Waals surface area contributed by atoms with Crippen LogP contribution in [0.4, 0.5) is 0 Å². The van der Waals surface area contributed by atoms with E-state index in [1.165, 1.54) is 37.7 Å². The quantitative estimate of drug-likeness (QED) is 0.644. The van der Waals surface area contributed by atoms with Crippen LogP contribution in [0.1, 0.15) is 64.7 Å². The molecule has 2 aliphatic heterocycles. The molecule has 29 heavy (non-hydrogen) atoms. The molecule has 0 N–H and O–H groups in total. The van der Waals surface area contributed by atoms with E-state index < -0.39 is 0 Å². The van der Waals surface area contributed by atoms with Gasteiger partial charge in [-0.1, -0.05) is 49.1 Å². The van der Waals surface area contributed by atoms with Gasteiger partial charge in [-0.25, -0.2) is 0 Å². The maximum atomic E-state index is 13.1. The highest BCUT2D eigenvalue weighted by Gasteiger charge is 2.36. The predicted octanol–water partition coefficient (Wildman–Crippen LogP) is 5.40. The van der Waals surface area contributed by atoms with Gasteiger partial charge in [0.15, 0.2) is 5.76 Å². The first-order valence-corrected chi connectivity index (χ1v) is 10.6. The van der Waals surface area contributed by atoms with Gasteiger partial charge in [0.25, 0.3) is 0 Å². The average molecular weight is 389 g/mol. The van der Waals surface area contributed by atoms with Gasteiger partial charge in [-0.3, -0.25) is 9.69 Å². The molecule has 1 saturated carbocycles. The normalized spacial score (nSPS) is 20.9. The summed E-state index contributed by atoms with van der Waals surface area (Å²) in [4.78, 5) is 15.5. The lowest BCUT2D eigenvalue weighted by Crippen LogP contribution is -2.41. The first kappa shape index (κ1) is 18.4. The number of allylic oxidation sites excluding steroid dienone is 1. The van der Waals surface area contributed by atoms with Gasteiger partial charge in [0.2, 0.25) is 5.78 Å². The first-order chi connectivity index (χ1) is 14.1. The van der Waals surface area contributed by atoms with Crippen LogP contribution in [0.15, 0.2) is 36.1 Å². The molecule has 0 atom stereocenters. The smallest absolute Gasteiger partial charge is 0.232 e. The summed E-state index contributed by atoms with van der Waals surface area (Å²) in [5, 5.41) is 0. The number of hydrogen-bond acceptors (Lipinski definition) is 4. The standard InChI is InChI=1S/C25H27NO3/c1-16-8-10-18(11-9-16)13-22-24(27)23-17(2)12-21-20(25(23)29-22)14-26(15-28-21)19-6-4-3-5-7-19/h8-13,19H,3-7,14-15H2,1-2H3/b22-13-. The minimum Gasteiger partial charge on any atom is -0.478 e. The number of ether oxygens (including phenoxy) is 2. The lowest BCUT2D eigenvalue weighted by atomic mass is 9.93. The van der Waals surface area contributed by atoms with E-state index in [0.29, 0.717) is 29.8 Å². The zero-order valence-electron chi connectivity index (χ0n) is 17.2. The van der Waals surface area contributed by atoms with Crippen LogP contribution in [0.5, 0.6) is 11.5 Å². The first-order valence-electron chi connectivity index (χ1n) is 10.6. The van der Waals surface area contributed by atoms with E-state index in [1.807, 2.05) is 43.3 Å². The fraction of sp³-hybridized carbons (Fsp3) is 0.400. The number of hydrogen-bond donors (Lipinski definition) is 0. The van der Waals surface area contributed by atoms with Crippen molar-refractivity contribution in [3.63, 3.8) is 0 Å². The highest BCUT2D eigenvalue weighted by Crippen LogP contribution is 2.44. The molecule has 4 heteroatoms. The van der Waals surface area contributed by atoms with Gasteiger partial charge in [-0.2, -0.15) is 0 Å². The molecular weight excluding hydrogens is 362 g/mol. The molecule has 3 aliphatic rings. The molecule has 0 amide bonds. The van der Waals surface area contributed by atoms with Crippen molar-refractivity contribution in [2.24, 2.45) is 0 Å². The van der Waals surface area contributed by atoms with Crippen molar-refractivity contribution >= 4 is 11.9 Å². The van der Waals surface area contributed by atoms with Crippen LogP contribution < -0.4 is 9.47 Å². The number of rotatable bonds is 2. The third-order valence-corrected chi connectivity index (χ3v) is 6.42. The number of carbonyl (C=O) groups excluding carboxylic acids is 1.